The van der Waals surface area contributed by atoms with Crippen LogP contribution in [0.5, 0.6) is 5.75 Å². The number of anilines is 1. The van der Waals surface area contributed by atoms with Crippen LogP contribution >= 0.6 is 0 Å². The van der Waals surface area contributed by atoms with Crippen molar-refractivity contribution in [1.29, 1.82) is 0 Å². The van der Waals surface area contributed by atoms with Gasteiger partial charge in [-0.3, -0.25) is 9.59 Å². The van der Waals surface area contributed by atoms with Crippen molar-refractivity contribution in [3.8, 4) is 5.75 Å². The predicted molar refractivity (Wildman–Crippen MR) is 119 cm³/mol. The van der Waals surface area contributed by atoms with Crippen LogP contribution < -0.4 is 10.1 Å². The van der Waals surface area contributed by atoms with Crippen LogP contribution in [0.25, 0.3) is 0 Å². The normalized spacial score (nSPS) is 21.4. The number of amides is 2. The summed E-state index contributed by atoms with van der Waals surface area (Å²) in [5, 5.41) is 22.3. The molecule has 31 heavy (non-hydrogen) atoms. The Balaban J connectivity index is 1.41. The zero-order chi connectivity index (χ0) is 22.1. The maximum atomic E-state index is 12.8. The Kier molecular flexibility index (Phi) is 9.15. The summed E-state index contributed by atoms with van der Waals surface area (Å²) in [6.45, 7) is 0.864. The third kappa shape index (κ3) is 7.21. The zero-order valence-electron chi connectivity index (χ0n) is 18.4. The van der Waals surface area contributed by atoms with Crippen LogP contribution in [-0.2, 0) is 16.0 Å². The summed E-state index contributed by atoms with van der Waals surface area (Å²) in [5.74, 6) is 0.923. The molecule has 0 aromatic heterocycles. The van der Waals surface area contributed by atoms with Gasteiger partial charge in [-0.05, 0) is 68.7 Å². The van der Waals surface area contributed by atoms with Gasteiger partial charge in [-0.15, -0.1) is 0 Å². The van der Waals surface area contributed by atoms with E-state index in [-0.39, 0.29) is 30.6 Å². The second-order valence-electron chi connectivity index (χ2n) is 8.65. The lowest BCUT2D eigenvalue weighted by Crippen LogP contribution is -2.43. The summed E-state index contributed by atoms with van der Waals surface area (Å²) < 4.78 is 5.84. The van der Waals surface area contributed by atoms with Crippen molar-refractivity contribution in [3.63, 3.8) is 0 Å². The highest BCUT2D eigenvalue weighted by Crippen LogP contribution is 2.27. The number of nitrogens with one attached hydrogen (secondary N) is 1. The van der Waals surface area contributed by atoms with Gasteiger partial charge in [0.15, 0.2) is 0 Å². The highest BCUT2D eigenvalue weighted by molar-refractivity contribution is 5.94. The first-order valence-electron chi connectivity index (χ1n) is 11.7. The van der Waals surface area contributed by atoms with Crippen LogP contribution in [0.1, 0.15) is 69.8 Å². The molecule has 7 nitrogen and oxygen atoms in total. The molecule has 7 heteroatoms. The molecule has 0 bridgehead atoms. The van der Waals surface area contributed by atoms with Gasteiger partial charge in [0.2, 0.25) is 11.8 Å². The van der Waals surface area contributed by atoms with Gasteiger partial charge in [-0.25, -0.2) is 0 Å². The van der Waals surface area contributed by atoms with Gasteiger partial charge in [-0.1, -0.05) is 12.8 Å². The van der Waals surface area contributed by atoms with E-state index in [4.69, 9.17) is 4.74 Å². The number of ether oxygens (including phenoxy) is 1. The number of unbranched alkanes of at least 4 members (excludes halogenated alkanes) is 1. The summed E-state index contributed by atoms with van der Waals surface area (Å²) in [4.78, 5) is 26.1. The Bertz CT molecular complexity index is 739. The second kappa shape index (κ2) is 12.1. The Labute approximate surface area is 184 Å². The Morgan fingerprint density at radius 3 is 2.81 bits per heavy atom. The summed E-state index contributed by atoms with van der Waals surface area (Å²) >= 11 is 0. The number of aliphatic hydroxyl groups excluding tert-OH is 2. The molecule has 2 unspecified atom stereocenters. The molecule has 0 radical (unpaired) electrons. The third-order valence-corrected chi connectivity index (χ3v) is 6.29. The molecule has 1 aromatic rings. The molecule has 2 atom stereocenters. The van der Waals surface area contributed by atoms with Gasteiger partial charge in [0.25, 0.3) is 0 Å². The largest absolute Gasteiger partial charge is 0.494 e. The van der Waals surface area contributed by atoms with E-state index in [0.717, 1.165) is 74.8 Å². The number of rotatable bonds is 9. The van der Waals surface area contributed by atoms with Crippen molar-refractivity contribution in [2.24, 2.45) is 0 Å². The number of aryl methyl sites for hydroxylation is 1. The molecule has 0 spiro atoms. The summed E-state index contributed by atoms with van der Waals surface area (Å²) in [7, 11) is 0. The fourth-order valence-electron chi connectivity index (χ4n) is 4.53. The van der Waals surface area contributed by atoms with E-state index in [1.54, 1.807) is 0 Å². The lowest BCUT2D eigenvalue weighted by molar-refractivity contribution is -0.135. The van der Waals surface area contributed by atoms with E-state index < -0.39 is 0 Å². The lowest BCUT2D eigenvalue weighted by Gasteiger charge is -2.33. The molecule has 1 aliphatic heterocycles. The van der Waals surface area contributed by atoms with Crippen molar-refractivity contribution in [2.45, 2.75) is 82.8 Å². The number of hydrogen-bond acceptors (Lipinski definition) is 5. The zero-order valence-corrected chi connectivity index (χ0v) is 18.4. The average molecular weight is 433 g/mol. The minimum Gasteiger partial charge on any atom is -0.494 e. The molecular formula is C24H36N2O5. The molecule has 172 valence electrons. The van der Waals surface area contributed by atoms with Gasteiger partial charge < -0.3 is 25.2 Å². The van der Waals surface area contributed by atoms with Gasteiger partial charge in [0.05, 0.1) is 19.3 Å². The van der Waals surface area contributed by atoms with E-state index in [2.05, 4.69) is 5.32 Å². The smallest absolute Gasteiger partial charge is 0.224 e. The Hall–Kier alpha value is -2.12. The Morgan fingerprint density at radius 2 is 1.97 bits per heavy atom. The van der Waals surface area contributed by atoms with E-state index in [0.29, 0.717) is 26.0 Å². The highest BCUT2D eigenvalue weighted by atomic mass is 16.5. The first kappa shape index (κ1) is 23.5. The minimum absolute atomic E-state index is 0.0350. The number of nitrogens with zero attached hydrogens (tertiary/aromatic N) is 1. The molecule has 1 heterocycles. The number of aliphatic hydroxyl groups is 2. The summed E-state index contributed by atoms with van der Waals surface area (Å²) in [5.41, 5.74) is 1.95. The minimum atomic E-state index is -0.272. The lowest BCUT2D eigenvalue weighted by atomic mass is 9.93. The topological polar surface area (TPSA) is 99.1 Å². The molecule has 3 rings (SSSR count). The van der Waals surface area contributed by atoms with E-state index in [1.807, 2.05) is 23.1 Å². The molecule has 1 fully saturated rings. The van der Waals surface area contributed by atoms with Crippen molar-refractivity contribution < 1.29 is 24.5 Å². The monoisotopic (exact) mass is 432 g/mol. The van der Waals surface area contributed by atoms with Gasteiger partial charge in [0, 0.05) is 31.1 Å². The molecule has 2 amide bonds. The van der Waals surface area contributed by atoms with Crippen LogP contribution in [0.3, 0.4) is 0 Å². The van der Waals surface area contributed by atoms with Crippen molar-refractivity contribution in [3.05, 3.63) is 23.8 Å². The highest BCUT2D eigenvalue weighted by Gasteiger charge is 2.25. The fraction of sp³-hybridized carbons (Fsp3) is 0.667. The van der Waals surface area contributed by atoms with E-state index >= 15 is 0 Å². The van der Waals surface area contributed by atoms with Crippen LogP contribution in [0.15, 0.2) is 18.2 Å². The van der Waals surface area contributed by atoms with Crippen LogP contribution in [0.2, 0.25) is 0 Å². The number of carbonyl (C=O) groups is 2. The first-order valence-corrected chi connectivity index (χ1v) is 11.7. The number of fused-ring (bicyclic) bond motifs is 1. The van der Waals surface area contributed by atoms with Crippen molar-refractivity contribution in [1.82, 2.24) is 4.90 Å². The molecule has 1 aliphatic carbocycles. The van der Waals surface area contributed by atoms with Crippen LogP contribution in [0, 0.1) is 0 Å². The number of benzene rings is 1. The standard InChI is InChI=1S/C24H36N2O5/c27-15-14-26(19-5-1-2-6-20(28)10-9-19)24(30)7-3-4-16-31-21-11-12-22-18(17-21)8-13-23(29)25-22/h11-12,17,19-20,27-28H,1-10,13-16H2,(H,25,29). The maximum Gasteiger partial charge on any atom is 0.224 e. The molecule has 3 N–H and O–H groups in total. The summed E-state index contributed by atoms with van der Waals surface area (Å²) in [6, 6.07) is 5.83. The SMILES string of the molecule is O=C1CCc2cc(OCCCCC(=O)N(CCO)C3CCCCC(O)CC3)ccc2N1. The van der Waals surface area contributed by atoms with Gasteiger partial charge >= 0.3 is 0 Å². The molecule has 1 aromatic carbocycles. The number of hydrogen-bond donors (Lipinski definition) is 3. The molecule has 2 aliphatic rings. The van der Waals surface area contributed by atoms with E-state index in [9.17, 15) is 19.8 Å². The number of carbonyl (C=O) groups excluding carboxylic acids is 2. The average Bonchev–Trinajstić information content (AvgIpc) is 2.75. The van der Waals surface area contributed by atoms with Crippen molar-refractivity contribution >= 4 is 17.5 Å². The fourth-order valence-corrected chi connectivity index (χ4v) is 4.53. The second-order valence-corrected chi connectivity index (χ2v) is 8.65. The molecule has 0 saturated heterocycles. The summed E-state index contributed by atoms with van der Waals surface area (Å²) in [6.07, 6.45) is 8.22. The predicted octanol–water partition coefficient (Wildman–Crippen LogP) is 3.03. The first-order chi connectivity index (χ1) is 15.1. The van der Waals surface area contributed by atoms with E-state index in [1.165, 1.54) is 0 Å². The maximum absolute atomic E-state index is 12.8. The molecule has 1 saturated carbocycles. The van der Waals surface area contributed by atoms with Crippen LogP contribution in [0.4, 0.5) is 5.69 Å². The third-order valence-electron chi connectivity index (χ3n) is 6.29. The Morgan fingerprint density at radius 1 is 1.13 bits per heavy atom. The molecular weight excluding hydrogens is 396 g/mol. The van der Waals surface area contributed by atoms with Gasteiger partial charge in [0.1, 0.15) is 5.75 Å². The van der Waals surface area contributed by atoms with Crippen molar-refractivity contribution in [2.75, 3.05) is 25.1 Å². The van der Waals surface area contributed by atoms with Crippen LogP contribution in [-0.4, -0.2) is 58.8 Å². The van der Waals surface area contributed by atoms with Gasteiger partial charge in [-0.2, -0.15) is 0 Å². The quantitative estimate of drug-likeness (QED) is 0.521.